The summed E-state index contributed by atoms with van der Waals surface area (Å²) in [4.78, 5) is 34.4. The van der Waals surface area contributed by atoms with Gasteiger partial charge in [0.25, 0.3) is 5.56 Å². The maximum atomic E-state index is 12.9. The summed E-state index contributed by atoms with van der Waals surface area (Å²) >= 11 is 0. The minimum atomic E-state index is -0.506. The van der Waals surface area contributed by atoms with Crippen LogP contribution in [0.1, 0.15) is 32.2 Å². The van der Waals surface area contributed by atoms with Gasteiger partial charge in [0, 0.05) is 12.0 Å². The first-order chi connectivity index (χ1) is 12.8. The molecule has 3 rings (SSSR count). The van der Waals surface area contributed by atoms with Crippen molar-refractivity contribution in [2.75, 3.05) is 6.54 Å². The molecule has 0 unspecified atom stereocenters. The highest BCUT2D eigenvalue weighted by molar-refractivity contribution is 5.81. The molecule has 0 spiro atoms. The lowest BCUT2D eigenvalue weighted by Crippen LogP contribution is -2.40. The Hall–Kier alpha value is -2.95. The van der Waals surface area contributed by atoms with E-state index in [1.165, 1.54) is 5.56 Å². The second kappa shape index (κ2) is 7.74. The summed E-state index contributed by atoms with van der Waals surface area (Å²) in [5.41, 5.74) is 1.13. The molecule has 5 nitrogen and oxygen atoms in total. The highest BCUT2D eigenvalue weighted by atomic mass is 16.2. The number of hydrogen-bond donors (Lipinski definition) is 1. The maximum Gasteiger partial charge on any atom is 0.258 e. The van der Waals surface area contributed by atoms with Crippen molar-refractivity contribution in [1.29, 1.82) is 0 Å². The van der Waals surface area contributed by atoms with E-state index in [-0.39, 0.29) is 18.0 Å². The number of benzene rings is 2. The van der Waals surface area contributed by atoms with Crippen LogP contribution < -0.4 is 5.56 Å². The van der Waals surface area contributed by atoms with Crippen molar-refractivity contribution in [2.45, 2.75) is 33.7 Å². The molecular weight excluding hydrogens is 338 g/mol. The van der Waals surface area contributed by atoms with Crippen molar-refractivity contribution in [3.63, 3.8) is 0 Å². The van der Waals surface area contributed by atoms with Crippen LogP contribution in [0.25, 0.3) is 10.9 Å². The van der Waals surface area contributed by atoms with E-state index in [9.17, 15) is 9.59 Å². The molecule has 5 heteroatoms. The third kappa shape index (κ3) is 4.61. The number of aromatic nitrogens is 2. The molecule has 140 valence electrons. The molecule has 1 heterocycles. The second-order valence-electron chi connectivity index (χ2n) is 7.74. The van der Waals surface area contributed by atoms with E-state index in [0.29, 0.717) is 23.3 Å². The van der Waals surface area contributed by atoms with E-state index < -0.39 is 5.41 Å². The quantitative estimate of drug-likeness (QED) is 0.754. The molecule has 1 aromatic heterocycles. The van der Waals surface area contributed by atoms with Crippen LogP contribution in [0.15, 0.2) is 59.4 Å². The molecule has 1 amide bonds. The minimum absolute atomic E-state index is 0.0363. The van der Waals surface area contributed by atoms with Crippen LogP contribution in [-0.2, 0) is 17.8 Å². The molecule has 0 fully saturated rings. The number of fused-ring (bicyclic) bond motifs is 1. The number of carbonyl (C=O) groups is 1. The average molecular weight is 363 g/mol. The fourth-order valence-electron chi connectivity index (χ4n) is 3.03. The molecule has 0 aliphatic rings. The smallest absolute Gasteiger partial charge is 0.258 e. The monoisotopic (exact) mass is 363 g/mol. The number of para-hydroxylation sites is 1. The molecule has 0 aliphatic heterocycles. The van der Waals surface area contributed by atoms with Gasteiger partial charge in [-0.05, 0) is 24.1 Å². The Morgan fingerprint density at radius 3 is 2.41 bits per heavy atom. The summed E-state index contributed by atoms with van der Waals surface area (Å²) in [5, 5.41) is 0.555. The predicted octanol–water partition coefficient (Wildman–Crippen LogP) is 3.54. The van der Waals surface area contributed by atoms with Gasteiger partial charge >= 0.3 is 0 Å². The van der Waals surface area contributed by atoms with Gasteiger partial charge in [-0.25, -0.2) is 4.98 Å². The highest BCUT2D eigenvalue weighted by Crippen LogP contribution is 2.19. The lowest BCUT2D eigenvalue weighted by Gasteiger charge is -2.29. The molecule has 2 aromatic carbocycles. The summed E-state index contributed by atoms with van der Waals surface area (Å²) in [5.74, 6) is 0.540. The van der Waals surface area contributed by atoms with Crippen LogP contribution in [0.5, 0.6) is 0 Å². The van der Waals surface area contributed by atoms with E-state index in [1.807, 2.05) is 57.2 Å². The maximum absolute atomic E-state index is 12.9. The van der Waals surface area contributed by atoms with Gasteiger partial charge in [0.1, 0.15) is 5.82 Å². The lowest BCUT2D eigenvalue weighted by molar-refractivity contribution is -0.140. The predicted molar refractivity (Wildman–Crippen MR) is 107 cm³/mol. The highest BCUT2D eigenvalue weighted by Gasteiger charge is 2.27. The van der Waals surface area contributed by atoms with Crippen molar-refractivity contribution in [3.05, 3.63) is 76.3 Å². The summed E-state index contributed by atoms with van der Waals surface area (Å²) in [7, 11) is 0. The van der Waals surface area contributed by atoms with Gasteiger partial charge in [0.2, 0.25) is 5.91 Å². The van der Waals surface area contributed by atoms with Crippen molar-refractivity contribution >= 4 is 16.8 Å². The van der Waals surface area contributed by atoms with Crippen molar-refractivity contribution in [2.24, 2.45) is 5.41 Å². The normalized spacial score (nSPS) is 11.5. The Morgan fingerprint density at radius 2 is 1.70 bits per heavy atom. The lowest BCUT2D eigenvalue weighted by atomic mass is 9.94. The number of nitrogens with one attached hydrogen (secondary N) is 1. The first-order valence-corrected chi connectivity index (χ1v) is 9.16. The zero-order chi connectivity index (χ0) is 19.4. The summed E-state index contributed by atoms with van der Waals surface area (Å²) in [6.07, 6.45) is 0.750. The molecule has 0 radical (unpaired) electrons. The molecule has 0 bridgehead atoms. The number of nitrogens with zero attached hydrogens (tertiary/aromatic N) is 2. The summed E-state index contributed by atoms with van der Waals surface area (Å²) in [6.45, 7) is 6.56. The number of hydrogen-bond acceptors (Lipinski definition) is 3. The number of H-pyrrole nitrogens is 1. The van der Waals surface area contributed by atoms with E-state index in [1.54, 1.807) is 11.0 Å². The fourth-order valence-corrected chi connectivity index (χ4v) is 3.03. The van der Waals surface area contributed by atoms with Crippen LogP contribution in [-0.4, -0.2) is 27.3 Å². The first-order valence-electron chi connectivity index (χ1n) is 9.16. The molecule has 0 atom stereocenters. The molecule has 0 saturated heterocycles. The Bertz CT molecular complexity index is 988. The van der Waals surface area contributed by atoms with E-state index in [0.717, 1.165) is 6.42 Å². The van der Waals surface area contributed by atoms with Gasteiger partial charge in [-0.3, -0.25) is 9.59 Å². The van der Waals surface area contributed by atoms with Gasteiger partial charge in [-0.1, -0.05) is 63.2 Å². The number of amides is 1. The standard InChI is InChI=1S/C22H25N3O2/c1-22(2,3)21(27)25(14-13-16-9-5-4-6-10-16)15-19-23-18-12-8-7-11-17(18)20(26)24-19/h4-12H,13-15H2,1-3H3,(H,23,24,26). The topological polar surface area (TPSA) is 66.1 Å². The van der Waals surface area contributed by atoms with Crippen LogP contribution in [0, 0.1) is 5.41 Å². The minimum Gasteiger partial charge on any atom is -0.334 e. The van der Waals surface area contributed by atoms with E-state index in [2.05, 4.69) is 22.1 Å². The SMILES string of the molecule is CC(C)(C)C(=O)N(CCc1ccccc1)Cc1nc2ccccc2c(=O)[nH]1. The molecule has 1 N–H and O–H groups in total. The Morgan fingerprint density at radius 1 is 1.04 bits per heavy atom. The Balaban J connectivity index is 1.86. The summed E-state index contributed by atoms with van der Waals surface area (Å²) < 4.78 is 0. The third-order valence-corrected chi connectivity index (χ3v) is 4.44. The zero-order valence-corrected chi connectivity index (χ0v) is 16.0. The van der Waals surface area contributed by atoms with Gasteiger partial charge in [0.15, 0.2) is 0 Å². The van der Waals surface area contributed by atoms with Gasteiger partial charge in [-0.2, -0.15) is 0 Å². The van der Waals surface area contributed by atoms with E-state index >= 15 is 0 Å². The van der Waals surface area contributed by atoms with Crippen molar-refractivity contribution in [3.8, 4) is 0 Å². The second-order valence-corrected chi connectivity index (χ2v) is 7.74. The van der Waals surface area contributed by atoms with Crippen molar-refractivity contribution < 1.29 is 4.79 Å². The molecule has 3 aromatic rings. The Kier molecular flexibility index (Phi) is 5.40. The van der Waals surface area contributed by atoms with Gasteiger partial charge in [0.05, 0.1) is 17.4 Å². The van der Waals surface area contributed by atoms with Crippen LogP contribution >= 0.6 is 0 Å². The zero-order valence-electron chi connectivity index (χ0n) is 16.0. The fraction of sp³-hybridized carbons (Fsp3) is 0.318. The number of aromatic amines is 1. The molecule has 27 heavy (non-hydrogen) atoms. The largest absolute Gasteiger partial charge is 0.334 e. The average Bonchev–Trinajstić information content (AvgIpc) is 2.64. The third-order valence-electron chi connectivity index (χ3n) is 4.44. The van der Waals surface area contributed by atoms with Gasteiger partial charge < -0.3 is 9.88 Å². The van der Waals surface area contributed by atoms with Crippen LogP contribution in [0.3, 0.4) is 0 Å². The molecule has 0 saturated carbocycles. The first kappa shape index (κ1) is 18.8. The van der Waals surface area contributed by atoms with Crippen molar-refractivity contribution in [1.82, 2.24) is 14.9 Å². The molecular formula is C22H25N3O2. The molecule has 0 aliphatic carbocycles. The Labute approximate surface area is 159 Å². The van der Waals surface area contributed by atoms with Gasteiger partial charge in [-0.15, -0.1) is 0 Å². The summed E-state index contributed by atoms with van der Waals surface area (Å²) in [6, 6.07) is 17.3. The number of carbonyl (C=O) groups excluding carboxylic acids is 1. The number of rotatable bonds is 5. The van der Waals surface area contributed by atoms with Crippen LogP contribution in [0.2, 0.25) is 0 Å². The van der Waals surface area contributed by atoms with Crippen LogP contribution in [0.4, 0.5) is 0 Å². The van der Waals surface area contributed by atoms with E-state index in [4.69, 9.17) is 0 Å².